The zero-order chi connectivity index (χ0) is 26.6. The summed E-state index contributed by atoms with van der Waals surface area (Å²) in [4.78, 5) is 35.3. The van der Waals surface area contributed by atoms with Crippen molar-refractivity contribution in [2.45, 2.75) is 45.6 Å². The van der Waals surface area contributed by atoms with Crippen molar-refractivity contribution in [1.29, 1.82) is 0 Å². The van der Waals surface area contributed by atoms with Crippen LogP contribution in [0.25, 0.3) is 22.5 Å². The molecular weight excluding hydrogens is 515 g/mol. The average molecular weight is 543 g/mol. The van der Waals surface area contributed by atoms with Crippen molar-refractivity contribution in [3.63, 3.8) is 0 Å². The molecule has 0 radical (unpaired) electrons. The Morgan fingerprint density at radius 1 is 0.838 bits per heavy atom. The summed E-state index contributed by atoms with van der Waals surface area (Å²) in [5.41, 5.74) is 4.09. The molecule has 8 nitrogen and oxygen atoms in total. The van der Waals surface area contributed by atoms with E-state index in [9.17, 15) is 9.59 Å². The fourth-order valence-corrected chi connectivity index (χ4v) is 4.06. The molecule has 10 heteroatoms. The van der Waals surface area contributed by atoms with Crippen molar-refractivity contribution in [2.24, 2.45) is 0 Å². The predicted octanol–water partition coefficient (Wildman–Crippen LogP) is 6.56. The van der Waals surface area contributed by atoms with E-state index in [1.807, 2.05) is 5.01 Å². The van der Waals surface area contributed by atoms with Gasteiger partial charge in [-0.1, -0.05) is 53.9 Å². The number of aromatic nitrogens is 2. The molecule has 1 N–H and O–H groups in total. The van der Waals surface area contributed by atoms with E-state index in [1.54, 1.807) is 69.3 Å². The lowest BCUT2D eigenvalue weighted by molar-refractivity contribution is 0.0194. The minimum Gasteiger partial charge on any atom is -0.428 e. The minimum atomic E-state index is -0.991. The van der Waals surface area contributed by atoms with Gasteiger partial charge >= 0.3 is 6.16 Å². The molecule has 1 fully saturated rings. The van der Waals surface area contributed by atoms with Gasteiger partial charge in [0.2, 0.25) is 0 Å². The number of benzene rings is 2. The van der Waals surface area contributed by atoms with Crippen LogP contribution < -0.4 is 10.2 Å². The summed E-state index contributed by atoms with van der Waals surface area (Å²) in [5.74, 6) is -0.794. The fraction of sp³-hybridized carbons (Fsp3) is 0.333. The number of nitrogens with zero attached hydrogens (tertiary/aromatic N) is 3. The monoisotopic (exact) mass is 542 g/mol. The second-order valence-electron chi connectivity index (χ2n) is 9.64. The number of halogens is 2. The third-order valence-electron chi connectivity index (χ3n) is 5.50. The van der Waals surface area contributed by atoms with E-state index in [1.165, 1.54) is 0 Å². The Morgan fingerprint density at radius 3 is 1.86 bits per heavy atom. The summed E-state index contributed by atoms with van der Waals surface area (Å²) in [7, 11) is 0. The molecular formula is C27H28Cl2N4O4. The van der Waals surface area contributed by atoms with Crippen LogP contribution in [0.1, 0.15) is 50.5 Å². The van der Waals surface area contributed by atoms with Gasteiger partial charge in [-0.2, -0.15) is 0 Å². The van der Waals surface area contributed by atoms with Gasteiger partial charge in [-0.25, -0.2) is 19.8 Å². The van der Waals surface area contributed by atoms with Crippen LogP contribution in [0.5, 0.6) is 5.88 Å². The van der Waals surface area contributed by atoms with Crippen molar-refractivity contribution >= 4 is 35.3 Å². The van der Waals surface area contributed by atoms with Gasteiger partial charge in [-0.3, -0.25) is 10.2 Å². The molecule has 0 bridgehead atoms. The lowest BCUT2D eigenvalue weighted by atomic mass is 10.0. The van der Waals surface area contributed by atoms with Crippen LogP contribution in [0, 0.1) is 0 Å². The molecule has 4 rings (SSSR count). The Labute approximate surface area is 225 Å². The van der Waals surface area contributed by atoms with E-state index >= 15 is 0 Å². The molecule has 1 aliphatic heterocycles. The number of carbonyl (C=O) groups excluding carboxylic acids is 2. The van der Waals surface area contributed by atoms with Crippen LogP contribution in [-0.2, 0) is 4.74 Å². The molecule has 1 aromatic heterocycles. The van der Waals surface area contributed by atoms with E-state index in [0.29, 0.717) is 45.6 Å². The Morgan fingerprint density at radius 2 is 1.35 bits per heavy atom. The van der Waals surface area contributed by atoms with Crippen LogP contribution in [0.3, 0.4) is 0 Å². The van der Waals surface area contributed by atoms with Crippen LogP contribution in [0.2, 0.25) is 10.0 Å². The highest BCUT2D eigenvalue weighted by Gasteiger charge is 2.28. The Kier molecular flexibility index (Phi) is 8.32. The van der Waals surface area contributed by atoms with Gasteiger partial charge < -0.3 is 9.47 Å². The molecule has 0 aliphatic carbocycles. The van der Waals surface area contributed by atoms with Crippen LogP contribution in [0.4, 0.5) is 4.79 Å². The SMILES string of the molecule is CC(C)(C)OC(=O)Oc1nc(-c2ccc(Cl)cc2)c(-c2ccc(Cl)cc2)nc1C(=O)NN1CCCCC1. The van der Waals surface area contributed by atoms with Crippen molar-refractivity contribution in [1.82, 2.24) is 20.4 Å². The van der Waals surface area contributed by atoms with Gasteiger partial charge in [0, 0.05) is 34.3 Å². The number of ether oxygens (including phenoxy) is 2. The first-order valence-electron chi connectivity index (χ1n) is 12.0. The maximum atomic E-state index is 13.4. The Hall–Kier alpha value is -3.20. The third-order valence-corrected chi connectivity index (χ3v) is 6.00. The smallest absolute Gasteiger partial charge is 0.428 e. The average Bonchev–Trinajstić information content (AvgIpc) is 2.84. The molecule has 1 amide bonds. The second-order valence-corrected chi connectivity index (χ2v) is 10.5. The molecule has 194 valence electrons. The highest BCUT2D eigenvalue weighted by atomic mass is 35.5. The lowest BCUT2D eigenvalue weighted by Gasteiger charge is -2.27. The number of nitrogens with one attached hydrogen (secondary N) is 1. The highest BCUT2D eigenvalue weighted by molar-refractivity contribution is 6.31. The third kappa shape index (κ3) is 7.19. The molecule has 2 heterocycles. The van der Waals surface area contributed by atoms with Gasteiger partial charge in [0.05, 0.1) is 5.69 Å². The standard InChI is InChI=1S/C27H28Cl2N4O4/c1-27(2,3)37-26(35)36-25-23(24(34)32-33-15-5-4-6-16-33)30-21(17-7-11-19(28)12-8-17)22(31-25)18-9-13-20(29)14-10-18/h7-14H,4-6,15-16H2,1-3H3,(H,32,34). The molecule has 2 aromatic carbocycles. The maximum absolute atomic E-state index is 13.4. The van der Waals surface area contributed by atoms with Crippen LogP contribution >= 0.6 is 23.2 Å². The zero-order valence-corrected chi connectivity index (χ0v) is 22.4. The van der Waals surface area contributed by atoms with Gasteiger partial charge in [-0.15, -0.1) is 0 Å². The minimum absolute atomic E-state index is 0.140. The molecule has 0 saturated carbocycles. The first-order valence-corrected chi connectivity index (χ1v) is 12.8. The van der Waals surface area contributed by atoms with Gasteiger partial charge in [0.1, 0.15) is 11.3 Å². The fourth-order valence-electron chi connectivity index (χ4n) is 3.81. The number of amides is 1. The maximum Gasteiger partial charge on any atom is 0.515 e. The molecule has 37 heavy (non-hydrogen) atoms. The van der Waals surface area contributed by atoms with E-state index in [4.69, 9.17) is 32.7 Å². The number of hydrogen-bond donors (Lipinski definition) is 1. The van der Waals surface area contributed by atoms with Crippen LogP contribution in [-0.4, -0.2) is 45.7 Å². The topological polar surface area (TPSA) is 93.6 Å². The quantitative estimate of drug-likeness (QED) is 0.364. The molecule has 0 atom stereocenters. The van der Waals surface area contributed by atoms with Crippen molar-refractivity contribution in [3.05, 3.63) is 64.3 Å². The first kappa shape index (κ1) is 26.9. The second kappa shape index (κ2) is 11.5. The summed E-state index contributed by atoms with van der Waals surface area (Å²) in [6.07, 6.45) is 2.06. The zero-order valence-electron chi connectivity index (χ0n) is 20.9. The van der Waals surface area contributed by atoms with Gasteiger partial charge in [-0.05, 0) is 57.9 Å². The van der Waals surface area contributed by atoms with Gasteiger partial charge in [0.15, 0.2) is 5.69 Å². The lowest BCUT2D eigenvalue weighted by Crippen LogP contribution is -2.45. The predicted molar refractivity (Wildman–Crippen MR) is 143 cm³/mol. The normalized spacial score (nSPS) is 14.2. The Balaban J connectivity index is 1.84. The van der Waals surface area contributed by atoms with E-state index in [0.717, 1.165) is 19.3 Å². The van der Waals surface area contributed by atoms with Crippen molar-refractivity contribution < 1.29 is 19.1 Å². The first-order chi connectivity index (χ1) is 17.6. The Bertz CT molecular complexity index is 1270. The number of hydrogen-bond acceptors (Lipinski definition) is 7. The molecule has 0 unspecified atom stereocenters. The number of piperidine rings is 1. The summed E-state index contributed by atoms with van der Waals surface area (Å²) < 4.78 is 10.8. The largest absolute Gasteiger partial charge is 0.515 e. The molecule has 1 saturated heterocycles. The molecule has 3 aromatic rings. The van der Waals surface area contributed by atoms with E-state index in [2.05, 4.69) is 15.4 Å². The van der Waals surface area contributed by atoms with Crippen molar-refractivity contribution in [2.75, 3.05) is 13.1 Å². The van der Waals surface area contributed by atoms with E-state index < -0.39 is 17.7 Å². The molecule has 0 spiro atoms. The number of hydrazine groups is 1. The summed E-state index contributed by atoms with van der Waals surface area (Å²) >= 11 is 12.2. The van der Waals surface area contributed by atoms with Crippen LogP contribution in [0.15, 0.2) is 48.5 Å². The number of rotatable bonds is 5. The number of carbonyl (C=O) groups is 2. The summed E-state index contributed by atoms with van der Waals surface area (Å²) in [6.45, 7) is 6.58. The highest BCUT2D eigenvalue weighted by Crippen LogP contribution is 2.34. The van der Waals surface area contributed by atoms with Crippen molar-refractivity contribution in [3.8, 4) is 28.4 Å². The summed E-state index contributed by atoms with van der Waals surface area (Å²) in [5, 5.41) is 2.94. The summed E-state index contributed by atoms with van der Waals surface area (Å²) in [6, 6.07) is 14.0. The molecule has 1 aliphatic rings. The van der Waals surface area contributed by atoms with E-state index in [-0.39, 0.29) is 11.6 Å². The van der Waals surface area contributed by atoms with Gasteiger partial charge in [0.25, 0.3) is 11.8 Å².